The first-order chi connectivity index (χ1) is 17.3. The highest BCUT2D eigenvalue weighted by Gasteiger charge is 2.45. The minimum atomic E-state index is -0.946. The van der Waals surface area contributed by atoms with Gasteiger partial charge in [-0.1, -0.05) is 74.5 Å². The summed E-state index contributed by atoms with van der Waals surface area (Å²) < 4.78 is 5.57. The Hall–Kier alpha value is -3.61. The van der Waals surface area contributed by atoms with Crippen molar-refractivity contribution < 1.29 is 19.1 Å². The molecular weight excluding hydrogens is 454 g/mol. The number of likely N-dealkylation sites (tertiary alicyclic amines) is 1. The fourth-order valence-corrected chi connectivity index (χ4v) is 5.05. The van der Waals surface area contributed by atoms with E-state index < -0.39 is 24.0 Å². The van der Waals surface area contributed by atoms with Gasteiger partial charge in [0.15, 0.2) is 0 Å². The molecule has 2 aromatic carbocycles. The summed E-state index contributed by atoms with van der Waals surface area (Å²) in [6, 6.07) is 16.3. The molecule has 0 radical (unpaired) electrons. The molecule has 2 unspecified atom stereocenters. The zero-order valence-corrected chi connectivity index (χ0v) is 21.1. The van der Waals surface area contributed by atoms with E-state index in [1.54, 1.807) is 4.90 Å². The number of rotatable bonds is 6. The number of hydrogen-bond donors (Lipinski definition) is 1. The predicted molar refractivity (Wildman–Crippen MR) is 139 cm³/mol. The molecular formula is C29H35N3O4. The van der Waals surface area contributed by atoms with Crippen LogP contribution < -0.4 is 5.73 Å². The molecule has 1 saturated heterocycles. The average molecular weight is 490 g/mol. The molecule has 3 amide bonds. The number of primary amides is 1. The number of nitrogens with zero attached hydrogens (tertiary/aromatic N) is 2. The fraction of sp³-hybridized carbons (Fsp3) is 0.414. The second kappa shape index (κ2) is 11.4. The number of benzene rings is 2. The summed E-state index contributed by atoms with van der Waals surface area (Å²) >= 11 is 0. The molecule has 7 heteroatoms. The van der Waals surface area contributed by atoms with Gasteiger partial charge in [-0.3, -0.25) is 9.59 Å². The third-order valence-electron chi connectivity index (χ3n) is 7.14. The minimum Gasteiger partial charge on any atom is -0.461 e. The molecule has 0 spiro atoms. The smallest absolute Gasteiger partial charge is 0.315 e. The molecule has 36 heavy (non-hydrogen) atoms. The maximum atomic E-state index is 13.7. The third kappa shape index (κ3) is 5.78. The molecule has 0 aliphatic carbocycles. The van der Waals surface area contributed by atoms with Gasteiger partial charge in [0.2, 0.25) is 5.91 Å². The number of carbonyl (C=O) groups is 3. The summed E-state index contributed by atoms with van der Waals surface area (Å²) in [6.07, 6.45) is 3.85. The lowest BCUT2D eigenvalue weighted by molar-refractivity contribution is -0.158. The molecule has 0 bridgehead atoms. The van der Waals surface area contributed by atoms with Crippen LogP contribution in [0.15, 0.2) is 60.7 Å². The molecule has 4 rings (SSSR count). The molecule has 2 aliphatic rings. The van der Waals surface area contributed by atoms with Gasteiger partial charge in [0.05, 0.1) is 5.92 Å². The van der Waals surface area contributed by atoms with Crippen molar-refractivity contribution in [3.63, 3.8) is 0 Å². The quantitative estimate of drug-likeness (QED) is 0.612. The standard InChI is InChI=1S/C29H35N3O4/c1-20(2)23-10-6-11-24(18-23)22-13-16-31(17-14-22)27(33)26-25(12-7-15-32(26)29(30)35)28(34)36-19-21-8-4-3-5-9-21/h3-6,8-11,13,18,20,25-26H,7,12,14-17,19H2,1-2H3,(H2,30,35). The monoisotopic (exact) mass is 489 g/mol. The van der Waals surface area contributed by atoms with Crippen molar-refractivity contribution in [1.29, 1.82) is 0 Å². The van der Waals surface area contributed by atoms with Crippen LogP contribution in [0.5, 0.6) is 0 Å². The van der Waals surface area contributed by atoms with E-state index in [0.29, 0.717) is 44.8 Å². The number of amides is 3. The van der Waals surface area contributed by atoms with Crippen LogP contribution in [0.3, 0.4) is 0 Å². The summed E-state index contributed by atoms with van der Waals surface area (Å²) in [6.45, 7) is 5.76. The Morgan fingerprint density at radius 3 is 2.50 bits per heavy atom. The molecule has 0 saturated carbocycles. The van der Waals surface area contributed by atoms with Crippen LogP contribution in [0.1, 0.15) is 55.7 Å². The largest absolute Gasteiger partial charge is 0.461 e. The van der Waals surface area contributed by atoms with Crippen LogP contribution in [0, 0.1) is 5.92 Å². The first kappa shape index (κ1) is 25.5. The van der Waals surface area contributed by atoms with Gasteiger partial charge in [-0.05, 0) is 47.4 Å². The third-order valence-corrected chi connectivity index (χ3v) is 7.14. The van der Waals surface area contributed by atoms with Crippen molar-refractivity contribution in [3.05, 3.63) is 77.4 Å². The Morgan fingerprint density at radius 2 is 1.83 bits per heavy atom. The summed E-state index contributed by atoms with van der Waals surface area (Å²) in [5.74, 6) is -1.02. The van der Waals surface area contributed by atoms with Crippen molar-refractivity contribution in [2.75, 3.05) is 19.6 Å². The van der Waals surface area contributed by atoms with Crippen LogP contribution in [0.25, 0.3) is 5.57 Å². The van der Waals surface area contributed by atoms with Crippen molar-refractivity contribution >= 4 is 23.5 Å². The van der Waals surface area contributed by atoms with Gasteiger partial charge in [-0.25, -0.2) is 4.79 Å². The Balaban J connectivity index is 1.48. The van der Waals surface area contributed by atoms with E-state index in [-0.39, 0.29) is 12.5 Å². The van der Waals surface area contributed by atoms with E-state index in [1.807, 2.05) is 30.3 Å². The number of carbonyl (C=O) groups excluding carboxylic acids is 3. The van der Waals surface area contributed by atoms with Gasteiger partial charge in [0.25, 0.3) is 0 Å². The topological polar surface area (TPSA) is 92.9 Å². The van der Waals surface area contributed by atoms with Crippen LogP contribution in [-0.2, 0) is 20.9 Å². The van der Waals surface area contributed by atoms with E-state index in [0.717, 1.165) is 5.56 Å². The summed E-state index contributed by atoms with van der Waals surface area (Å²) in [5, 5.41) is 0. The molecule has 2 atom stereocenters. The van der Waals surface area contributed by atoms with E-state index in [1.165, 1.54) is 21.6 Å². The van der Waals surface area contributed by atoms with Crippen molar-refractivity contribution in [1.82, 2.24) is 9.80 Å². The first-order valence-electron chi connectivity index (χ1n) is 12.7. The lowest BCUT2D eigenvalue weighted by Crippen LogP contribution is -2.60. The van der Waals surface area contributed by atoms with E-state index in [2.05, 4.69) is 44.2 Å². The lowest BCUT2D eigenvalue weighted by atomic mass is 9.87. The molecule has 2 N–H and O–H groups in total. The van der Waals surface area contributed by atoms with Gasteiger partial charge in [-0.2, -0.15) is 0 Å². The second-order valence-corrected chi connectivity index (χ2v) is 9.86. The Bertz CT molecular complexity index is 1130. The Labute approximate surface area is 212 Å². The van der Waals surface area contributed by atoms with E-state index in [4.69, 9.17) is 10.5 Å². The highest BCUT2D eigenvalue weighted by atomic mass is 16.5. The van der Waals surface area contributed by atoms with Crippen molar-refractivity contribution in [2.24, 2.45) is 11.7 Å². The number of urea groups is 1. The summed E-state index contributed by atoms with van der Waals surface area (Å²) in [4.78, 5) is 42.1. The van der Waals surface area contributed by atoms with Gasteiger partial charge in [0, 0.05) is 19.6 Å². The zero-order valence-electron chi connectivity index (χ0n) is 21.1. The summed E-state index contributed by atoms with van der Waals surface area (Å²) in [5.41, 5.74) is 10.2. The SMILES string of the molecule is CC(C)c1cccc(C2=CCN(C(=O)C3C(C(=O)OCc4ccccc4)CCCN3C(N)=O)CC2)c1. The molecule has 2 aliphatic heterocycles. The Morgan fingerprint density at radius 1 is 1.06 bits per heavy atom. The minimum absolute atomic E-state index is 0.124. The maximum Gasteiger partial charge on any atom is 0.315 e. The number of esters is 1. The van der Waals surface area contributed by atoms with Crippen molar-refractivity contribution in [3.8, 4) is 0 Å². The molecule has 0 aromatic heterocycles. The molecule has 7 nitrogen and oxygen atoms in total. The molecule has 2 heterocycles. The van der Waals surface area contributed by atoms with Crippen LogP contribution in [0.2, 0.25) is 0 Å². The normalized spacial score (nSPS) is 20.1. The highest BCUT2D eigenvalue weighted by Crippen LogP contribution is 2.30. The average Bonchev–Trinajstić information content (AvgIpc) is 2.91. The second-order valence-electron chi connectivity index (χ2n) is 9.86. The number of ether oxygens (including phenoxy) is 1. The van der Waals surface area contributed by atoms with Crippen LogP contribution in [-0.4, -0.2) is 53.4 Å². The van der Waals surface area contributed by atoms with Crippen molar-refractivity contribution in [2.45, 2.75) is 51.7 Å². The number of piperidine rings is 1. The van der Waals surface area contributed by atoms with E-state index >= 15 is 0 Å². The zero-order chi connectivity index (χ0) is 25.7. The van der Waals surface area contributed by atoms with Gasteiger partial charge >= 0.3 is 12.0 Å². The van der Waals surface area contributed by atoms with Crippen LogP contribution in [0.4, 0.5) is 4.79 Å². The lowest BCUT2D eigenvalue weighted by Gasteiger charge is -2.41. The summed E-state index contributed by atoms with van der Waals surface area (Å²) in [7, 11) is 0. The molecule has 2 aromatic rings. The van der Waals surface area contributed by atoms with Gasteiger partial charge in [-0.15, -0.1) is 0 Å². The van der Waals surface area contributed by atoms with E-state index in [9.17, 15) is 14.4 Å². The van der Waals surface area contributed by atoms with Gasteiger partial charge in [0.1, 0.15) is 12.6 Å². The predicted octanol–water partition coefficient (Wildman–Crippen LogP) is 4.33. The fourth-order valence-electron chi connectivity index (χ4n) is 5.05. The maximum absolute atomic E-state index is 13.7. The Kier molecular flexibility index (Phi) is 8.08. The molecule has 1 fully saturated rings. The van der Waals surface area contributed by atoms with Gasteiger partial charge < -0.3 is 20.3 Å². The number of nitrogens with two attached hydrogens (primary N) is 1. The highest BCUT2D eigenvalue weighted by molar-refractivity contribution is 5.92. The van der Waals surface area contributed by atoms with Crippen LogP contribution >= 0.6 is 0 Å². The first-order valence-corrected chi connectivity index (χ1v) is 12.7. The number of hydrogen-bond acceptors (Lipinski definition) is 4. The molecule has 190 valence electrons.